The van der Waals surface area contributed by atoms with E-state index >= 15 is 0 Å². The van der Waals surface area contributed by atoms with Crippen molar-refractivity contribution in [1.29, 1.82) is 0 Å². The molecule has 0 aromatic heterocycles. The molecule has 0 bridgehead atoms. The lowest BCUT2D eigenvalue weighted by Crippen LogP contribution is -2.20. The standard InChI is InChI=1S/C33H41BrN2O6S/c1-9-41-28-19-23(18-27(34)31(28)42-43(39,40)24-13-10-21(2)11-14-24)20-35-36-29(37)15-12-22-16-25(32(3,4)5)30(38)26(17-22)33(6,7)8/h10-11,13-14,16-20,38H,9,12,15H2,1-8H3,(H,36,37)/b35-20-. The molecule has 10 heteroatoms. The number of hydrazone groups is 1. The number of aromatic hydroxyl groups is 1. The van der Waals surface area contributed by atoms with Crippen LogP contribution in [-0.2, 0) is 32.2 Å². The van der Waals surface area contributed by atoms with Crippen LogP contribution in [-0.4, -0.2) is 32.3 Å². The van der Waals surface area contributed by atoms with Gasteiger partial charge in [0.25, 0.3) is 0 Å². The summed E-state index contributed by atoms with van der Waals surface area (Å²) >= 11 is 3.38. The number of carbonyl (C=O) groups is 1. The second-order valence-corrected chi connectivity index (χ2v) is 14.8. The van der Waals surface area contributed by atoms with Crippen LogP contribution in [0.3, 0.4) is 0 Å². The summed E-state index contributed by atoms with van der Waals surface area (Å²) in [5.74, 6) is 0.255. The Morgan fingerprint density at radius 1 is 1.00 bits per heavy atom. The highest BCUT2D eigenvalue weighted by Crippen LogP contribution is 2.40. The van der Waals surface area contributed by atoms with Crippen molar-refractivity contribution in [2.24, 2.45) is 5.10 Å². The average molecular weight is 674 g/mol. The van der Waals surface area contributed by atoms with Gasteiger partial charge in [-0.05, 0) is 93.5 Å². The van der Waals surface area contributed by atoms with Crippen molar-refractivity contribution in [1.82, 2.24) is 5.43 Å². The molecule has 0 aliphatic rings. The van der Waals surface area contributed by atoms with Crippen LogP contribution < -0.4 is 14.3 Å². The van der Waals surface area contributed by atoms with E-state index in [4.69, 9.17) is 8.92 Å². The normalized spacial score (nSPS) is 12.4. The van der Waals surface area contributed by atoms with Crippen molar-refractivity contribution in [3.63, 3.8) is 0 Å². The lowest BCUT2D eigenvalue weighted by atomic mass is 9.78. The third-order valence-electron chi connectivity index (χ3n) is 6.66. The van der Waals surface area contributed by atoms with Crippen molar-refractivity contribution < 1.29 is 27.2 Å². The predicted octanol–water partition coefficient (Wildman–Crippen LogP) is 7.31. The minimum atomic E-state index is -4.10. The van der Waals surface area contributed by atoms with Crippen LogP contribution in [0, 0.1) is 6.92 Å². The van der Waals surface area contributed by atoms with E-state index in [1.54, 1.807) is 31.2 Å². The first-order valence-corrected chi connectivity index (χ1v) is 16.3. The number of halogens is 1. The fraction of sp³-hybridized carbons (Fsp3) is 0.394. The zero-order valence-corrected chi connectivity index (χ0v) is 28.4. The van der Waals surface area contributed by atoms with Gasteiger partial charge in [0.05, 0.1) is 17.3 Å². The second kappa shape index (κ2) is 13.5. The minimum absolute atomic E-state index is 0.0155. The molecule has 0 aliphatic carbocycles. The summed E-state index contributed by atoms with van der Waals surface area (Å²) in [4.78, 5) is 12.7. The molecule has 0 spiro atoms. The van der Waals surface area contributed by atoms with Crippen LogP contribution in [0.4, 0.5) is 0 Å². The Labute approximate surface area is 263 Å². The fourth-order valence-corrected chi connectivity index (χ4v) is 5.95. The van der Waals surface area contributed by atoms with Crippen LogP contribution in [0.2, 0.25) is 0 Å². The van der Waals surface area contributed by atoms with E-state index in [-0.39, 0.29) is 46.2 Å². The maximum absolute atomic E-state index is 12.9. The summed E-state index contributed by atoms with van der Waals surface area (Å²) in [6, 6.07) is 13.5. The summed E-state index contributed by atoms with van der Waals surface area (Å²) in [6.07, 6.45) is 2.13. The molecule has 3 rings (SSSR count). The summed E-state index contributed by atoms with van der Waals surface area (Å²) in [5.41, 5.74) is 6.18. The Hall–Kier alpha value is -3.37. The number of carbonyl (C=O) groups excluding carboxylic acids is 1. The number of ether oxygens (including phenoxy) is 1. The SMILES string of the molecule is CCOc1cc(/C=N\NC(=O)CCc2cc(C(C)(C)C)c(O)c(C(C)(C)C)c2)cc(Br)c1OS(=O)(=O)c1ccc(C)cc1. The summed E-state index contributed by atoms with van der Waals surface area (Å²) < 4.78 is 37.2. The Bertz CT molecular complexity index is 1570. The van der Waals surface area contributed by atoms with Gasteiger partial charge in [0, 0.05) is 6.42 Å². The van der Waals surface area contributed by atoms with Gasteiger partial charge in [-0.3, -0.25) is 4.79 Å². The lowest BCUT2D eigenvalue weighted by Gasteiger charge is -2.28. The number of amides is 1. The molecular weight excluding hydrogens is 632 g/mol. The Morgan fingerprint density at radius 2 is 1.58 bits per heavy atom. The van der Waals surface area contributed by atoms with Crippen molar-refractivity contribution in [2.45, 2.75) is 84.0 Å². The third kappa shape index (κ3) is 9.06. The van der Waals surface area contributed by atoms with E-state index in [1.807, 2.05) is 19.1 Å². The van der Waals surface area contributed by atoms with Gasteiger partial charge in [0.2, 0.25) is 5.91 Å². The van der Waals surface area contributed by atoms with E-state index in [0.29, 0.717) is 22.2 Å². The van der Waals surface area contributed by atoms with Crippen LogP contribution in [0.25, 0.3) is 0 Å². The highest BCUT2D eigenvalue weighted by atomic mass is 79.9. The molecule has 0 atom stereocenters. The Morgan fingerprint density at radius 3 is 2.12 bits per heavy atom. The van der Waals surface area contributed by atoms with Gasteiger partial charge < -0.3 is 14.0 Å². The number of benzene rings is 3. The molecule has 0 unspecified atom stereocenters. The zero-order valence-electron chi connectivity index (χ0n) is 26.0. The van der Waals surface area contributed by atoms with E-state index in [9.17, 15) is 18.3 Å². The second-order valence-electron chi connectivity index (χ2n) is 12.4. The predicted molar refractivity (Wildman–Crippen MR) is 174 cm³/mol. The topological polar surface area (TPSA) is 114 Å². The molecule has 3 aromatic rings. The number of hydrogen-bond donors (Lipinski definition) is 2. The number of aryl methyl sites for hydroxylation is 2. The van der Waals surface area contributed by atoms with Crippen LogP contribution >= 0.6 is 15.9 Å². The molecule has 43 heavy (non-hydrogen) atoms. The van der Waals surface area contributed by atoms with Gasteiger partial charge in [-0.2, -0.15) is 13.5 Å². The zero-order chi connectivity index (χ0) is 32.2. The molecule has 3 aromatic carbocycles. The minimum Gasteiger partial charge on any atom is -0.507 e. The quantitative estimate of drug-likeness (QED) is 0.133. The molecule has 0 aliphatic heterocycles. The summed E-state index contributed by atoms with van der Waals surface area (Å²) in [5, 5.41) is 15.0. The molecule has 0 heterocycles. The molecule has 8 nitrogen and oxygen atoms in total. The lowest BCUT2D eigenvalue weighted by molar-refractivity contribution is -0.121. The number of nitrogens with zero attached hydrogens (tertiary/aromatic N) is 1. The van der Waals surface area contributed by atoms with Crippen LogP contribution in [0.1, 0.15) is 82.7 Å². The number of phenolic OH excluding ortho intramolecular Hbond substituents is 1. The molecule has 2 N–H and O–H groups in total. The number of phenols is 1. The monoisotopic (exact) mass is 672 g/mol. The molecule has 0 fully saturated rings. The first kappa shape index (κ1) is 34.1. The Kier molecular flexibility index (Phi) is 10.7. The van der Waals surface area contributed by atoms with Gasteiger partial charge in [-0.1, -0.05) is 71.4 Å². The molecule has 1 amide bonds. The third-order valence-corrected chi connectivity index (χ3v) is 8.49. The highest BCUT2D eigenvalue weighted by Gasteiger charge is 2.27. The van der Waals surface area contributed by atoms with E-state index < -0.39 is 10.1 Å². The van der Waals surface area contributed by atoms with Crippen molar-refractivity contribution in [3.05, 3.63) is 80.8 Å². The molecule has 0 radical (unpaired) electrons. The molecule has 232 valence electrons. The van der Waals surface area contributed by atoms with Gasteiger partial charge in [0.15, 0.2) is 11.5 Å². The summed E-state index contributed by atoms with van der Waals surface area (Å²) in [7, 11) is -4.10. The number of hydrogen-bond acceptors (Lipinski definition) is 7. The van der Waals surface area contributed by atoms with Gasteiger partial charge in [-0.25, -0.2) is 5.43 Å². The van der Waals surface area contributed by atoms with E-state index in [2.05, 4.69) is 68.0 Å². The van der Waals surface area contributed by atoms with Crippen LogP contribution in [0.15, 0.2) is 63.0 Å². The molecular formula is C33H41BrN2O6S. The summed E-state index contributed by atoms with van der Waals surface area (Å²) in [6.45, 7) is 16.2. The van der Waals surface area contributed by atoms with E-state index in [0.717, 1.165) is 22.3 Å². The van der Waals surface area contributed by atoms with Gasteiger partial charge in [0.1, 0.15) is 10.6 Å². The first-order chi connectivity index (χ1) is 19.9. The van der Waals surface area contributed by atoms with Crippen molar-refractivity contribution in [3.8, 4) is 17.2 Å². The number of rotatable bonds is 10. The fourth-order valence-electron chi connectivity index (χ4n) is 4.34. The van der Waals surface area contributed by atoms with Gasteiger partial charge >= 0.3 is 10.1 Å². The van der Waals surface area contributed by atoms with Crippen LogP contribution in [0.5, 0.6) is 17.2 Å². The number of nitrogens with one attached hydrogen (secondary N) is 1. The van der Waals surface area contributed by atoms with Crippen molar-refractivity contribution in [2.75, 3.05) is 6.61 Å². The van der Waals surface area contributed by atoms with E-state index in [1.165, 1.54) is 18.3 Å². The largest absolute Gasteiger partial charge is 0.507 e. The van der Waals surface area contributed by atoms with Gasteiger partial charge in [-0.15, -0.1) is 0 Å². The van der Waals surface area contributed by atoms with Crippen molar-refractivity contribution >= 4 is 38.2 Å². The smallest absolute Gasteiger partial charge is 0.339 e. The molecule has 0 saturated carbocycles. The Balaban J connectivity index is 1.73. The average Bonchev–Trinajstić information content (AvgIpc) is 2.89. The maximum atomic E-state index is 12.9. The highest BCUT2D eigenvalue weighted by molar-refractivity contribution is 9.10. The first-order valence-electron chi connectivity index (χ1n) is 14.1. The molecule has 0 saturated heterocycles. The maximum Gasteiger partial charge on any atom is 0.339 e.